The first kappa shape index (κ1) is 17.3. The monoisotopic (exact) mass is 317 g/mol. The predicted molar refractivity (Wildman–Crippen MR) is 79.0 cm³/mol. The lowest BCUT2D eigenvalue weighted by Crippen LogP contribution is -2.34. The lowest BCUT2D eigenvalue weighted by atomic mass is 10.3. The summed E-state index contributed by atoms with van der Waals surface area (Å²) in [7, 11) is -0.796. The molecule has 21 heavy (non-hydrogen) atoms. The maximum absolute atomic E-state index is 12.6. The first-order chi connectivity index (χ1) is 9.88. The Balaban J connectivity index is 3.33. The van der Waals surface area contributed by atoms with E-state index in [2.05, 4.69) is 5.32 Å². The average Bonchev–Trinajstić information content (AvgIpc) is 2.47. The van der Waals surface area contributed by atoms with E-state index in [0.29, 0.717) is 5.69 Å². The van der Waals surface area contributed by atoms with Gasteiger partial charge in [-0.1, -0.05) is 6.92 Å². The zero-order valence-corrected chi connectivity index (χ0v) is 13.0. The van der Waals surface area contributed by atoms with Crippen LogP contribution in [0.1, 0.15) is 6.92 Å². The number of nitro groups is 1. The van der Waals surface area contributed by atoms with Crippen LogP contribution in [0.25, 0.3) is 0 Å². The molecule has 1 rings (SSSR count). The van der Waals surface area contributed by atoms with Gasteiger partial charge >= 0.3 is 0 Å². The molecule has 0 unspecified atom stereocenters. The number of methoxy groups -OCH3 is 1. The van der Waals surface area contributed by atoms with Crippen LogP contribution in [0.5, 0.6) is 0 Å². The van der Waals surface area contributed by atoms with E-state index in [0.717, 1.165) is 6.07 Å². The second-order valence-electron chi connectivity index (χ2n) is 4.18. The van der Waals surface area contributed by atoms with Crippen molar-refractivity contribution >= 4 is 21.4 Å². The fourth-order valence-corrected chi connectivity index (χ4v) is 3.48. The molecule has 0 aliphatic carbocycles. The van der Waals surface area contributed by atoms with Crippen LogP contribution < -0.4 is 5.32 Å². The summed E-state index contributed by atoms with van der Waals surface area (Å²) in [6.07, 6.45) is 0. The largest absolute Gasteiger partial charge is 0.387 e. The summed E-state index contributed by atoms with van der Waals surface area (Å²) < 4.78 is 31.4. The number of hydrogen-bond acceptors (Lipinski definition) is 6. The normalized spacial score (nSPS) is 11.6. The van der Waals surface area contributed by atoms with E-state index in [1.54, 1.807) is 14.0 Å². The molecule has 0 saturated carbocycles. The van der Waals surface area contributed by atoms with Gasteiger partial charge in [0.1, 0.15) is 4.90 Å². The van der Waals surface area contributed by atoms with Crippen molar-refractivity contribution in [2.45, 2.75) is 11.8 Å². The molecule has 1 aromatic carbocycles. The SMILES string of the molecule is CCN(CCOC)S(=O)(=O)c1cc([N+](=O)[O-])ccc1NC. The van der Waals surface area contributed by atoms with E-state index in [-0.39, 0.29) is 30.3 Å². The van der Waals surface area contributed by atoms with Crippen LogP contribution >= 0.6 is 0 Å². The van der Waals surface area contributed by atoms with Gasteiger partial charge in [0.2, 0.25) is 10.0 Å². The van der Waals surface area contributed by atoms with E-state index in [1.165, 1.54) is 23.5 Å². The Bertz CT molecular complexity index is 603. The molecule has 0 amide bonds. The Kier molecular flexibility index (Phi) is 6.06. The highest BCUT2D eigenvalue weighted by Gasteiger charge is 2.27. The fourth-order valence-electron chi connectivity index (χ4n) is 1.82. The Hall–Kier alpha value is -1.71. The first-order valence-electron chi connectivity index (χ1n) is 6.33. The lowest BCUT2D eigenvalue weighted by Gasteiger charge is -2.21. The zero-order valence-electron chi connectivity index (χ0n) is 12.2. The third kappa shape index (κ3) is 3.90. The first-order valence-corrected chi connectivity index (χ1v) is 7.77. The zero-order chi connectivity index (χ0) is 16.0. The molecule has 0 fully saturated rings. The lowest BCUT2D eigenvalue weighted by molar-refractivity contribution is -0.385. The molecule has 0 aliphatic heterocycles. The standard InChI is InChI=1S/C12H19N3O5S/c1-4-14(7-8-20-3)21(18,19)12-9-10(15(16)17)5-6-11(12)13-2/h5-6,9,13H,4,7-8H2,1-3H3. The number of non-ortho nitro benzene ring substituents is 1. The van der Waals surface area contributed by atoms with Crippen LogP contribution in [0.4, 0.5) is 11.4 Å². The molecular formula is C12H19N3O5S. The number of ether oxygens (including phenoxy) is 1. The minimum absolute atomic E-state index is 0.114. The topological polar surface area (TPSA) is 102 Å². The molecule has 1 N–H and O–H groups in total. The Morgan fingerprint density at radius 2 is 2.10 bits per heavy atom. The van der Waals surface area contributed by atoms with Crippen LogP contribution in [0.15, 0.2) is 23.1 Å². The van der Waals surface area contributed by atoms with Gasteiger partial charge in [0.15, 0.2) is 0 Å². The molecule has 8 nitrogen and oxygen atoms in total. The molecule has 0 atom stereocenters. The van der Waals surface area contributed by atoms with E-state index in [1.807, 2.05) is 0 Å². The molecule has 0 bridgehead atoms. The Morgan fingerprint density at radius 3 is 2.57 bits per heavy atom. The van der Waals surface area contributed by atoms with E-state index < -0.39 is 14.9 Å². The van der Waals surface area contributed by atoms with Gasteiger partial charge in [-0.15, -0.1) is 0 Å². The maximum atomic E-state index is 12.6. The number of rotatable bonds is 8. The van der Waals surface area contributed by atoms with Crippen LogP contribution in [0, 0.1) is 10.1 Å². The molecule has 0 saturated heterocycles. The third-order valence-corrected chi connectivity index (χ3v) is 4.97. The molecular weight excluding hydrogens is 298 g/mol. The highest BCUT2D eigenvalue weighted by Crippen LogP contribution is 2.28. The molecule has 118 valence electrons. The van der Waals surface area contributed by atoms with Crippen molar-refractivity contribution in [3.8, 4) is 0 Å². The molecule has 0 aromatic heterocycles. The fraction of sp³-hybridized carbons (Fsp3) is 0.500. The highest BCUT2D eigenvalue weighted by molar-refractivity contribution is 7.89. The van der Waals surface area contributed by atoms with Gasteiger partial charge in [-0.25, -0.2) is 8.42 Å². The smallest absolute Gasteiger partial charge is 0.270 e. The van der Waals surface area contributed by atoms with Crippen molar-refractivity contribution in [2.75, 3.05) is 39.2 Å². The second kappa shape index (κ2) is 7.34. The molecule has 1 aromatic rings. The van der Waals surface area contributed by atoms with E-state index in [9.17, 15) is 18.5 Å². The minimum Gasteiger partial charge on any atom is -0.387 e. The number of nitrogens with one attached hydrogen (secondary N) is 1. The van der Waals surface area contributed by atoms with Crippen molar-refractivity contribution in [3.05, 3.63) is 28.3 Å². The second-order valence-corrected chi connectivity index (χ2v) is 6.08. The predicted octanol–water partition coefficient (Wildman–Crippen LogP) is 1.29. The third-order valence-electron chi connectivity index (χ3n) is 2.96. The van der Waals surface area contributed by atoms with Crippen molar-refractivity contribution in [1.82, 2.24) is 4.31 Å². The van der Waals surface area contributed by atoms with Crippen molar-refractivity contribution in [2.24, 2.45) is 0 Å². The van der Waals surface area contributed by atoms with Gasteiger partial charge in [0.05, 0.1) is 17.2 Å². The molecule has 0 heterocycles. The van der Waals surface area contributed by atoms with Gasteiger partial charge in [0, 0.05) is 39.4 Å². The minimum atomic E-state index is -3.84. The summed E-state index contributed by atoms with van der Waals surface area (Å²) in [6.45, 7) is 2.37. The number of anilines is 1. The number of hydrogen-bond donors (Lipinski definition) is 1. The molecule has 9 heteroatoms. The van der Waals surface area contributed by atoms with Crippen molar-refractivity contribution < 1.29 is 18.1 Å². The van der Waals surface area contributed by atoms with Gasteiger partial charge in [0.25, 0.3) is 5.69 Å². The van der Waals surface area contributed by atoms with E-state index >= 15 is 0 Å². The van der Waals surface area contributed by atoms with Crippen LogP contribution in [-0.4, -0.2) is 51.5 Å². The van der Waals surface area contributed by atoms with Crippen LogP contribution in [-0.2, 0) is 14.8 Å². The number of likely N-dealkylation sites (N-methyl/N-ethyl adjacent to an activating group) is 1. The highest BCUT2D eigenvalue weighted by atomic mass is 32.2. The Labute approximate surface area is 123 Å². The summed E-state index contributed by atoms with van der Waals surface area (Å²) in [5, 5.41) is 13.6. The number of benzene rings is 1. The molecule has 0 radical (unpaired) electrons. The summed E-state index contributed by atoms with van der Waals surface area (Å²) >= 11 is 0. The molecule has 0 aliphatic rings. The quantitative estimate of drug-likeness (QED) is 0.572. The Morgan fingerprint density at radius 1 is 1.43 bits per heavy atom. The van der Waals surface area contributed by atoms with Gasteiger partial charge in [-0.3, -0.25) is 10.1 Å². The summed E-state index contributed by atoms with van der Waals surface area (Å²) in [4.78, 5) is 10.1. The van der Waals surface area contributed by atoms with Crippen LogP contribution in [0.2, 0.25) is 0 Å². The average molecular weight is 317 g/mol. The summed E-state index contributed by atoms with van der Waals surface area (Å²) in [6, 6.07) is 3.71. The number of nitrogens with zero attached hydrogens (tertiary/aromatic N) is 2. The molecule has 0 spiro atoms. The number of nitro benzene ring substituents is 1. The van der Waals surface area contributed by atoms with Crippen molar-refractivity contribution in [3.63, 3.8) is 0 Å². The van der Waals surface area contributed by atoms with Crippen LogP contribution in [0.3, 0.4) is 0 Å². The van der Waals surface area contributed by atoms with Crippen molar-refractivity contribution in [1.29, 1.82) is 0 Å². The van der Waals surface area contributed by atoms with Gasteiger partial charge < -0.3 is 10.1 Å². The van der Waals surface area contributed by atoms with E-state index in [4.69, 9.17) is 4.74 Å². The maximum Gasteiger partial charge on any atom is 0.270 e. The summed E-state index contributed by atoms with van der Waals surface area (Å²) in [5.74, 6) is 0. The van der Waals surface area contributed by atoms with Gasteiger partial charge in [-0.2, -0.15) is 4.31 Å². The van der Waals surface area contributed by atoms with Gasteiger partial charge in [-0.05, 0) is 6.07 Å². The number of sulfonamides is 1. The summed E-state index contributed by atoms with van der Waals surface area (Å²) in [5.41, 5.74) is 0.0480.